The van der Waals surface area contributed by atoms with Gasteiger partial charge >= 0.3 is 0 Å². The van der Waals surface area contributed by atoms with E-state index in [4.69, 9.17) is 0 Å². The molecule has 0 spiro atoms. The third-order valence-electron chi connectivity index (χ3n) is 2.78. The number of anilines is 1. The molecule has 2 heterocycles. The van der Waals surface area contributed by atoms with E-state index in [1.165, 1.54) is 18.0 Å². The molecule has 0 bridgehead atoms. The molecule has 78 valence electrons. The van der Waals surface area contributed by atoms with Gasteiger partial charge in [0.1, 0.15) is 6.33 Å². The summed E-state index contributed by atoms with van der Waals surface area (Å²) in [5.74, 6) is 0. The Bertz CT molecular complexity index is 287. The van der Waals surface area contributed by atoms with E-state index in [0.29, 0.717) is 5.41 Å². The molecule has 1 N–H and O–H groups in total. The Labute approximate surface area is 88.5 Å². The minimum Gasteiger partial charge on any atom is -0.346 e. The van der Waals surface area contributed by atoms with E-state index in [0.717, 1.165) is 24.8 Å². The Hall–Kier alpha value is -0.680. The molecule has 5 heteroatoms. The minimum atomic E-state index is 0.389. The minimum absolute atomic E-state index is 0.389. The Morgan fingerprint density at radius 3 is 3.21 bits per heavy atom. The third-order valence-corrected chi connectivity index (χ3v) is 3.51. The zero-order valence-corrected chi connectivity index (χ0v) is 9.47. The summed E-state index contributed by atoms with van der Waals surface area (Å²) in [7, 11) is 2.01. The first-order valence-electron chi connectivity index (χ1n) is 4.90. The van der Waals surface area contributed by atoms with Gasteiger partial charge in [0.05, 0.1) is 0 Å². The lowest BCUT2D eigenvalue weighted by molar-refractivity contribution is 0.356. The zero-order chi connectivity index (χ0) is 10.0. The van der Waals surface area contributed by atoms with Crippen LogP contribution in [0.15, 0.2) is 6.33 Å². The van der Waals surface area contributed by atoms with Gasteiger partial charge in [-0.2, -0.15) is 4.37 Å². The van der Waals surface area contributed by atoms with E-state index >= 15 is 0 Å². The number of aromatic nitrogens is 2. The SMILES string of the molecule is CNCC1(C)CCN(c2ncns2)C1. The quantitative estimate of drug-likeness (QED) is 0.810. The van der Waals surface area contributed by atoms with Crippen molar-refractivity contribution in [2.24, 2.45) is 5.41 Å². The van der Waals surface area contributed by atoms with Gasteiger partial charge in [-0.15, -0.1) is 0 Å². The molecule has 0 aromatic carbocycles. The van der Waals surface area contributed by atoms with Crippen molar-refractivity contribution in [1.82, 2.24) is 14.7 Å². The van der Waals surface area contributed by atoms with Crippen LogP contribution in [0.25, 0.3) is 0 Å². The van der Waals surface area contributed by atoms with Crippen molar-refractivity contribution in [3.8, 4) is 0 Å². The fraction of sp³-hybridized carbons (Fsp3) is 0.778. The van der Waals surface area contributed by atoms with Crippen LogP contribution in [-0.2, 0) is 0 Å². The lowest BCUT2D eigenvalue weighted by atomic mass is 9.90. The average molecular weight is 212 g/mol. The summed E-state index contributed by atoms with van der Waals surface area (Å²) in [6.07, 6.45) is 2.86. The summed E-state index contributed by atoms with van der Waals surface area (Å²) in [6.45, 7) is 5.59. The molecule has 14 heavy (non-hydrogen) atoms. The van der Waals surface area contributed by atoms with E-state index in [1.54, 1.807) is 6.33 Å². The van der Waals surface area contributed by atoms with Crippen LogP contribution in [0, 0.1) is 5.41 Å². The zero-order valence-electron chi connectivity index (χ0n) is 8.66. The molecule has 1 aromatic heterocycles. The lowest BCUT2D eigenvalue weighted by Crippen LogP contribution is -2.33. The number of hydrogen-bond acceptors (Lipinski definition) is 5. The van der Waals surface area contributed by atoms with Crippen LogP contribution in [0.5, 0.6) is 0 Å². The average Bonchev–Trinajstić information content (AvgIpc) is 2.73. The normalized spacial score (nSPS) is 27.1. The third kappa shape index (κ3) is 1.88. The van der Waals surface area contributed by atoms with E-state index in [-0.39, 0.29) is 0 Å². The smallest absolute Gasteiger partial charge is 0.204 e. The van der Waals surface area contributed by atoms with Crippen LogP contribution in [-0.4, -0.2) is 36.0 Å². The predicted molar refractivity (Wildman–Crippen MR) is 58.8 cm³/mol. The van der Waals surface area contributed by atoms with Gasteiger partial charge in [0.2, 0.25) is 5.13 Å². The second kappa shape index (κ2) is 3.82. The topological polar surface area (TPSA) is 41.0 Å². The van der Waals surface area contributed by atoms with E-state index < -0.39 is 0 Å². The standard InChI is InChI=1S/C9H16N4S/c1-9(5-10-2)3-4-13(6-9)8-11-7-12-14-8/h7,10H,3-6H2,1-2H3. The second-order valence-electron chi connectivity index (χ2n) is 4.24. The summed E-state index contributed by atoms with van der Waals surface area (Å²) >= 11 is 1.48. The fourth-order valence-corrected chi connectivity index (χ4v) is 2.62. The summed E-state index contributed by atoms with van der Waals surface area (Å²) in [6, 6.07) is 0. The van der Waals surface area contributed by atoms with Crippen LogP contribution < -0.4 is 10.2 Å². The number of nitrogens with one attached hydrogen (secondary N) is 1. The van der Waals surface area contributed by atoms with Gasteiger partial charge < -0.3 is 10.2 Å². The van der Waals surface area contributed by atoms with Gasteiger partial charge in [-0.25, -0.2) is 4.98 Å². The van der Waals surface area contributed by atoms with Crippen LogP contribution >= 0.6 is 11.5 Å². The molecule has 1 aromatic rings. The van der Waals surface area contributed by atoms with Crippen molar-refractivity contribution in [3.05, 3.63) is 6.33 Å². The molecule has 2 rings (SSSR count). The maximum absolute atomic E-state index is 4.24. The summed E-state index contributed by atoms with van der Waals surface area (Å²) in [5, 5.41) is 4.32. The molecule has 4 nitrogen and oxygen atoms in total. The van der Waals surface area contributed by atoms with Gasteiger partial charge in [-0.3, -0.25) is 0 Å². The lowest BCUT2D eigenvalue weighted by Gasteiger charge is -2.23. The van der Waals surface area contributed by atoms with Gasteiger partial charge in [0, 0.05) is 31.2 Å². The molecule has 1 unspecified atom stereocenters. The second-order valence-corrected chi connectivity index (χ2v) is 4.99. The van der Waals surface area contributed by atoms with Gasteiger partial charge in [0.15, 0.2) is 0 Å². The fourth-order valence-electron chi connectivity index (χ4n) is 2.06. The van der Waals surface area contributed by atoms with E-state index in [9.17, 15) is 0 Å². The highest BCUT2D eigenvalue weighted by molar-refractivity contribution is 7.09. The van der Waals surface area contributed by atoms with Crippen molar-refractivity contribution >= 4 is 16.7 Å². The van der Waals surface area contributed by atoms with Crippen molar-refractivity contribution in [3.63, 3.8) is 0 Å². The molecule has 0 radical (unpaired) electrons. The highest BCUT2D eigenvalue weighted by Gasteiger charge is 2.34. The van der Waals surface area contributed by atoms with Gasteiger partial charge in [-0.05, 0) is 18.9 Å². The molecular formula is C9H16N4S. The maximum Gasteiger partial charge on any atom is 0.204 e. The molecule has 1 saturated heterocycles. The van der Waals surface area contributed by atoms with Gasteiger partial charge in [0.25, 0.3) is 0 Å². The van der Waals surface area contributed by atoms with Crippen molar-refractivity contribution < 1.29 is 0 Å². The highest BCUT2D eigenvalue weighted by atomic mass is 32.1. The van der Waals surface area contributed by atoms with E-state index in [2.05, 4.69) is 26.5 Å². The summed E-state index contributed by atoms with van der Waals surface area (Å²) < 4.78 is 4.03. The Balaban J connectivity index is 2.01. The Kier molecular flexibility index (Phi) is 2.69. The first-order chi connectivity index (χ1) is 6.73. The monoisotopic (exact) mass is 212 g/mol. The molecule has 0 amide bonds. The molecule has 0 aliphatic carbocycles. The first-order valence-corrected chi connectivity index (χ1v) is 5.67. The van der Waals surface area contributed by atoms with Gasteiger partial charge in [-0.1, -0.05) is 6.92 Å². The summed E-state index contributed by atoms with van der Waals surface area (Å²) in [5.41, 5.74) is 0.389. The highest BCUT2D eigenvalue weighted by Crippen LogP contribution is 2.32. The number of rotatable bonds is 3. The predicted octanol–water partition coefficient (Wildman–Crippen LogP) is 0.974. The summed E-state index contributed by atoms with van der Waals surface area (Å²) in [4.78, 5) is 6.57. The van der Waals surface area contributed by atoms with E-state index in [1.807, 2.05) is 7.05 Å². The first kappa shape index (κ1) is 9.86. The number of hydrogen-bond donors (Lipinski definition) is 1. The Morgan fingerprint density at radius 2 is 2.57 bits per heavy atom. The Morgan fingerprint density at radius 1 is 1.71 bits per heavy atom. The number of nitrogens with zero attached hydrogens (tertiary/aromatic N) is 3. The van der Waals surface area contributed by atoms with Crippen LogP contribution in [0.3, 0.4) is 0 Å². The van der Waals surface area contributed by atoms with Crippen LogP contribution in [0.2, 0.25) is 0 Å². The van der Waals surface area contributed by atoms with Crippen molar-refractivity contribution in [1.29, 1.82) is 0 Å². The molecule has 1 atom stereocenters. The largest absolute Gasteiger partial charge is 0.346 e. The molecular weight excluding hydrogens is 196 g/mol. The molecule has 1 fully saturated rings. The molecule has 0 saturated carbocycles. The maximum atomic E-state index is 4.24. The van der Waals surface area contributed by atoms with Crippen LogP contribution in [0.4, 0.5) is 5.13 Å². The molecule has 1 aliphatic rings. The molecule has 1 aliphatic heterocycles. The van der Waals surface area contributed by atoms with Crippen molar-refractivity contribution in [2.75, 3.05) is 31.6 Å². The van der Waals surface area contributed by atoms with Crippen molar-refractivity contribution in [2.45, 2.75) is 13.3 Å². The van der Waals surface area contributed by atoms with Crippen LogP contribution in [0.1, 0.15) is 13.3 Å².